The van der Waals surface area contributed by atoms with Crippen LogP contribution in [0.25, 0.3) is 0 Å². The van der Waals surface area contributed by atoms with Crippen LogP contribution in [0.3, 0.4) is 0 Å². The lowest BCUT2D eigenvalue weighted by molar-refractivity contribution is -0.137. The first-order chi connectivity index (χ1) is 13.0. The Hall–Kier alpha value is -2.93. The molecule has 1 N–H and O–H groups in total. The van der Waals surface area contributed by atoms with E-state index in [1.165, 1.54) is 26.2 Å². The highest BCUT2D eigenvalue weighted by atomic mass is 16.5. The number of carbonyl (C=O) groups excluding carboxylic acids is 1. The van der Waals surface area contributed by atoms with Crippen LogP contribution in [-0.4, -0.2) is 45.6 Å². The van der Waals surface area contributed by atoms with Gasteiger partial charge in [-0.05, 0) is 24.1 Å². The molecule has 1 heterocycles. The molecule has 1 aliphatic rings. The van der Waals surface area contributed by atoms with E-state index in [9.17, 15) is 9.90 Å². The van der Waals surface area contributed by atoms with Crippen molar-refractivity contribution in [2.75, 3.05) is 33.3 Å². The summed E-state index contributed by atoms with van der Waals surface area (Å²) < 4.78 is 21.4. The normalized spacial score (nSPS) is 18.7. The molecule has 0 radical (unpaired) electrons. The molecule has 27 heavy (non-hydrogen) atoms. The lowest BCUT2D eigenvalue weighted by Crippen LogP contribution is -2.59. The molecule has 144 valence electrons. The second kappa shape index (κ2) is 7.36. The monoisotopic (exact) mass is 373 g/mol. The molecular formula is C20H23NO6. The van der Waals surface area contributed by atoms with E-state index in [1.807, 2.05) is 25.1 Å². The number of aliphatic hydroxyl groups is 1. The highest BCUT2D eigenvalue weighted by Gasteiger charge is 2.48. The molecule has 0 aliphatic carbocycles. The summed E-state index contributed by atoms with van der Waals surface area (Å²) in [5.41, 5.74) is 2.29. The van der Waals surface area contributed by atoms with Gasteiger partial charge in [0.05, 0.1) is 40.2 Å². The maximum absolute atomic E-state index is 12.4. The van der Waals surface area contributed by atoms with Crippen molar-refractivity contribution in [2.45, 2.75) is 19.1 Å². The van der Waals surface area contributed by atoms with Gasteiger partial charge in [-0.15, -0.1) is 0 Å². The summed E-state index contributed by atoms with van der Waals surface area (Å²) >= 11 is 0. The van der Waals surface area contributed by atoms with Gasteiger partial charge in [-0.1, -0.05) is 12.1 Å². The van der Waals surface area contributed by atoms with Gasteiger partial charge in [-0.2, -0.15) is 0 Å². The van der Waals surface area contributed by atoms with Crippen LogP contribution in [0.15, 0.2) is 30.3 Å². The van der Waals surface area contributed by atoms with Gasteiger partial charge in [-0.3, -0.25) is 9.69 Å². The number of aliphatic hydroxyl groups excluding tert-OH is 1. The van der Waals surface area contributed by atoms with Gasteiger partial charge in [0.15, 0.2) is 17.6 Å². The second-order valence-corrected chi connectivity index (χ2v) is 6.21. The second-order valence-electron chi connectivity index (χ2n) is 6.21. The number of rotatable bonds is 6. The Morgan fingerprint density at radius 1 is 0.889 bits per heavy atom. The van der Waals surface area contributed by atoms with Crippen molar-refractivity contribution in [1.82, 2.24) is 0 Å². The number of hydrogen-bond donors (Lipinski definition) is 1. The molecule has 2 atom stereocenters. The average Bonchev–Trinajstić information content (AvgIpc) is 2.69. The Bertz CT molecular complexity index is 841. The summed E-state index contributed by atoms with van der Waals surface area (Å²) in [4.78, 5) is 14.0. The molecule has 7 heteroatoms. The zero-order chi connectivity index (χ0) is 19.7. The van der Waals surface area contributed by atoms with Crippen molar-refractivity contribution in [2.24, 2.45) is 0 Å². The molecule has 0 bridgehead atoms. The topological polar surface area (TPSA) is 77.5 Å². The maximum Gasteiger partial charge on any atom is 0.259 e. The fourth-order valence-electron chi connectivity index (χ4n) is 3.38. The number of anilines is 1. The van der Waals surface area contributed by atoms with E-state index in [2.05, 4.69) is 0 Å². The molecule has 1 fully saturated rings. The Labute approximate surface area is 158 Å². The van der Waals surface area contributed by atoms with Crippen LogP contribution in [0.1, 0.15) is 17.2 Å². The lowest BCUT2D eigenvalue weighted by atomic mass is 9.89. The molecule has 1 saturated heterocycles. The summed E-state index contributed by atoms with van der Waals surface area (Å²) in [5.74, 6) is 1.67. The van der Waals surface area contributed by atoms with Crippen LogP contribution in [0.2, 0.25) is 0 Å². The summed E-state index contributed by atoms with van der Waals surface area (Å²) in [6.45, 7) is 1.92. The highest BCUT2D eigenvalue weighted by molar-refractivity contribution is 6.05. The number of β-lactam (4-membered cyclic amide) rings is 1. The number of benzene rings is 2. The predicted octanol–water partition coefficient (Wildman–Crippen LogP) is 2.48. The van der Waals surface area contributed by atoms with Crippen LogP contribution in [0.4, 0.5) is 5.69 Å². The molecule has 0 saturated carbocycles. The Balaban J connectivity index is 2.05. The van der Waals surface area contributed by atoms with Gasteiger partial charge in [0.25, 0.3) is 5.91 Å². The third-order valence-electron chi connectivity index (χ3n) is 4.76. The minimum Gasteiger partial charge on any atom is -0.496 e. The summed E-state index contributed by atoms with van der Waals surface area (Å²) in [6.07, 6.45) is -1.11. The van der Waals surface area contributed by atoms with E-state index in [0.717, 1.165) is 16.9 Å². The van der Waals surface area contributed by atoms with Gasteiger partial charge in [0.2, 0.25) is 5.75 Å². The first-order valence-corrected chi connectivity index (χ1v) is 8.42. The molecule has 0 aromatic heterocycles. The number of methoxy groups -OCH3 is 4. The van der Waals surface area contributed by atoms with E-state index in [1.54, 1.807) is 19.2 Å². The fourth-order valence-corrected chi connectivity index (χ4v) is 3.38. The fraction of sp³-hybridized carbons (Fsp3) is 0.350. The molecule has 0 unspecified atom stereocenters. The van der Waals surface area contributed by atoms with Crippen LogP contribution < -0.4 is 23.8 Å². The smallest absolute Gasteiger partial charge is 0.259 e. The van der Waals surface area contributed by atoms with Crippen LogP contribution in [-0.2, 0) is 4.79 Å². The van der Waals surface area contributed by atoms with Crippen LogP contribution in [0.5, 0.6) is 23.0 Å². The summed E-state index contributed by atoms with van der Waals surface area (Å²) in [6, 6.07) is 8.45. The van der Waals surface area contributed by atoms with Gasteiger partial charge in [0.1, 0.15) is 5.75 Å². The lowest BCUT2D eigenvalue weighted by Gasteiger charge is -2.45. The van der Waals surface area contributed by atoms with Crippen molar-refractivity contribution in [1.29, 1.82) is 0 Å². The number of nitrogens with zero attached hydrogens (tertiary/aromatic N) is 1. The largest absolute Gasteiger partial charge is 0.496 e. The third kappa shape index (κ3) is 3.04. The zero-order valence-electron chi connectivity index (χ0n) is 16.0. The van der Waals surface area contributed by atoms with Crippen LogP contribution >= 0.6 is 0 Å². The van der Waals surface area contributed by atoms with Gasteiger partial charge < -0.3 is 24.1 Å². The third-order valence-corrected chi connectivity index (χ3v) is 4.76. The SMILES string of the molecule is COc1ccc([C@H]2[C@H](O)C(=O)N2c2cc(OC)c(OC)c(OC)c2)cc1C. The van der Waals surface area contributed by atoms with E-state index in [4.69, 9.17) is 18.9 Å². The molecule has 2 aromatic carbocycles. The van der Waals surface area contributed by atoms with Crippen LogP contribution in [0, 0.1) is 6.92 Å². The predicted molar refractivity (Wildman–Crippen MR) is 100 cm³/mol. The molecule has 2 aromatic rings. The Morgan fingerprint density at radius 3 is 1.96 bits per heavy atom. The van der Waals surface area contributed by atoms with E-state index < -0.39 is 12.1 Å². The van der Waals surface area contributed by atoms with E-state index in [-0.39, 0.29) is 5.91 Å². The molecule has 1 aliphatic heterocycles. The number of carbonyl (C=O) groups is 1. The number of ether oxygens (including phenoxy) is 4. The number of amides is 1. The molecule has 1 amide bonds. The van der Waals surface area contributed by atoms with Crippen molar-refractivity contribution >= 4 is 11.6 Å². The Kier molecular flexibility index (Phi) is 5.14. The maximum atomic E-state index is 12.4. The Morgan fingerprint density at radius 2 is 1.48 bits per heavy atom. The van der Waals surface area contributed by atoms with Crippen molar-refractivity contribution in [3.05, 3.63) is 41.5 Å². The first-order valence-electron chi connectivity index (χ1n) is 8.42. The molecule has 7 nitrogen and oxygen atoms in total. The molecular weight excluding hydrogens is 350 g/mol. The van der Waals surface area contributed by atoms with Gasteiger partial charge >= 0.3 is 0 Å². The van der Waals surface area contributed by atoms with Crippen molar-refractivity contribution in [3.63, 3.8) is 0 Å². The highest BCUT2D eigenvalue weighted by Crippen LogP contribution is 2.46. The number of aryl methyl sites for hydroxylation is 1. The summed E-state index contributed by atoms with van der Waals surface area (Å²) in [7, 11) is 6.14. The zero-order valence-corrected chi connectivity index (χ0v) is 16.0. The van der Waals surface area contributed by atoms with Gasteiger partial charge in [-0.25, -0.2) is 0 Å². The standard InChI is InChI=1S/C20H23NO6/c1-11-8-12(6-7-14(11)24-2)17-18(22)20(23)21(17)13-9-15(25-3)19(27-5)16(10-13)26-4/h6-10,17-18,22H,1-5H3/t17-,18-/m0/s1. The molecule has 3 rings (SSSR count). The average molecular weight is 373 g/mol. The number of hydrogen-bond acceptors (Lipinski definition) is 6. The first kappa shape index (κ1) is 18.8. The quantitative estimate of drug-likeness (QED) is 0.784. The minimum atomic E-state index is -1.11. The minimum absolute atomic E-state index is 0.386. The van der Waals surface area contributed by atoms with Crippen molar-refractivity contribution < 1.29 is 28.8 Å². The molecule has 0 spiro atoms. The van der Waals surface area contributed by atoms with Crippen molar-refractivity contribution in [3.8, 4) is 23.0 Å². The van der Waals surface area contributed by atoms with E-state index >= 15 is 0 Å². The van der Waals surface area contributed by atoms with Gasteiger partial charge in [0, 0.05) is 12.1 Å². The summed E-state index contributed by atoms with van der Waals surface area (Å²) in [5, 5.41) is 10.3. The van der Waals surface area contributed by atoms with E-state index in [0.29, 0.717) is 22.9 Å².